The third-order valence-corrected chi connectivity index (χ3v) is 2.01. The van der Waals surface area contributed by atoms with Crippen LogP contribution in [0.2, 0.25) is 0 Å². The van der Waals surface area contributed by atoms with E-state index >= 15 is 0 Å². The number of carbonyl (C=O) groups is 1. The first-order valence-electron chi connectivity index (χ1n) is 4.03. The molecule has 1 aromatic heterocycles. The van der Waals surface area contributed by atoms with Crippen LogP contribution in [0.1, 0.15) is 11.6 Å². The quantitative estimate of drug-likeness (QED) is 0.591. The maximum Gasteiger partial charge on any atom is 0.322 e. The third kappa shape index (κ3) is 1.40. The molecule has 2 rings (SSSR count). The highest BCUT2D eigenvalue weighted by atomic mass is 16.4. The van der Waals surface area contributed by atoms with Crippen molar-refractivity contribution in [2.75, 3.05) is 0 Å². The predicted octanol–water partition coefficient (Wildman–Crippen LogP) is -0.857. The number of carboxylic acids is 1. The molecule has 1 aromatic rings. The molecule has 13 heavy (non-hydrogen) atoms. The third-order valence-electron chi connectivity index (χ3n) is 2.01. The van der Waals surface area contributed by atoms with E-state index < -0.39 is 12.0 Å². The van der Waals surface area contributed by atoms with E-state index in [9.17, 15) is 4.79 Å². The van der Waals surface area contributed by atoms with Gasteiger partial charge in [-0.05, 0) is 6.92 Å². The minimum atomic E-state index is -0.848. The first-order valence-corrected chi connectivity index (χ1v) is 4.03. The molecular weight excluding hydrogens is 172 g/mol. The molecule has 0 bridgehead atoms. The fourth-order valence-corrected chi connectivity index (χ4v) is 1.39. The fraction of sp³-hybridized carbons (Fsp3) is 0.571. The number of fused-ring (bicyclic) bond motifs is 1. The van der Waals surface area contributed by atoms with Gasteiger partial charge < -0.3 is 5.11 Å². The molecule has 6 nitrogen and oxygen atoms in total. The van der Waals surface area contributed by atoms with Gasteiger partial charge in [-0.1, -0.05) is 0 Å². The number of aryl methyl sites for hydroxylation is 1. The number of rotatable bonds is 1. The Balaban J connectivity index is 2.24. The highest BCUT2D eigenvalue weighted by Crippen LogP contribution is 2.06. The Labute approximate surface area is 74.6 Å². The second kappa shape index (κ2) is 2.81. The smallest absolute Gasteiger partial charge is 0.322 e. The standard InChI is InChI=1S/C7H10N4O2/c1-4-9-6-2-8-5(7(12)13)3-11(6)10-4/h5,8H,2-3H2,1H3,(H,12,13). The summed E-state index contributed by atoms with van der Waals surface area (Å²) in [6.45, 7) is 2.62. The van der Waals surface area contributed by atoms with Gasteiger partial charge in [-0.15, -0.1) is 0 Å². The van der Waals surface area contributed by atoms with Crippen LogP contribution < -0.4 is 5.32 Å². The van der Waals surface area contributed by atoms with Crippen LogP contribution in [-0.4, -0.2) is 31.9 Å². The van der Waals surface area contributed by atoms with Gasteiger partial charge in [0.15, 0.2) is 0 Å². The van der Waals surface area contributed by atoms with Crippen LogP contribution in [-0.2, 0) is 17.9 Å². The van der Waals surface area contributed by atoms with Gasteiger partial charge in [-0.25, -0.2) is 9.67 Å². The van der Waals surface area contributed by atoms with Crippen LogP contribution in [0.15, 0.2) is 0 Å². The molecule has 70 valence electrons. The molecular formula is C7H10N4O2. The van der Waals surface area contributed by atoms with E-state index in [4.69, 9.17) is 5.11 Å². The van der Waals surface area contributed by atoms with Crippen molar-refractivity contribution in [1.82, 2.24) is 20.1 Å². The predicted molar refractivity (Wildman–Crippen MR) is 43.0 cm³/mol. The number of nitrogens with zero attached hydrogens (tertiary/aromatic N) is 3. The Bertz CT molecular complexity index is 346. The summed E-state index contributed by atoms with van der Waals surface area (Å²) in [4.78, 5) is 14.8. The highest BCUT2D eigenvalue weighted by molar-refractivity contribution is 5.73. The zero-order chi connectivity index (χ0) is 9.42. The van der Waals surface area contributed by atoms with Gasteiger partial charge in [0, 0.05) is 0 Å². The van der Waals surface area contributed by atoms with Crippen molar-refractivity contribution < 1.29 is 9.90 Å². The van der Waals surface area contributed by atoms with Crippen LogP contribution in [0.5, 0.6) is 0 Å². The van der Waals surface area contributed by atoms with Gasteiger partial charge in [0.1, 0.15) is 17.7 Å². The Morgan fingerprint density at radius 3 is 3.23 bits per heavy atom. The van der Waals surface area contributed by atoms with E-state index in [1.54, 1.807) is 11.6 Å². The summed E-state index contributed by atoms with van der Waals surface area (Å²) in [5, 5.41) is 15.7. The van der Waals surface area contributed by atoms with Gasteiger partial charge in [0.2, 0.25) is 0 Å². The van der Waals surface area contributed by atoms with Crippen molar-refractivity contribution in [3.05, 3.63) is 11.6 Å². The van der Waals surface area contributed by atoms with Crippen molar-refractivity contribution in [2.45, 2.75) is 26.1 Å². The SMILES string of the molecule is Cc1nc2n(n1)CC(C(=O)O)NC2. The number of carboxylic acid groups (broad SMARTS) is 1. The average Bonchev–Trinajstić information content (AvgIpc) is 2.42. The van der Waals surface area contributed by atoms with E-state index in [-0.39, 0.29) is 0 Å². The lowest BCUT2D eigenvalue weighted by Gasteiger charge is -2.20. The molecule has 0 aromatic carbocycles. The number of nitrogens with one attached hydrogen (secondary N) is 1. The summed E-state index contributed by atoms with van der Waals surface area (Å²) in [5.41, 5.74) is 0. The molecule has 0 spiro atoms. The topological polar surface area (TPSA) is 80.0 Å². The Hall–Kier alpha value is -1.43. The second-order valence-electron chi connectivity index (χ2n) is 3.03. The molecule has 2 heterocycles. The Morgan fingerprint density at radius 2 is 2.54 bits per heavy atom. The van der Waals surface area contributed by atoms with Crippen LogP contribution in [0.25, 0.3) is 0 Å². The van der Waals surface area contributed by atoms with Crippen molar-refractivity contribution in [2.24, 2.45) is 0 Å². The largest absolute Gasteiger partial charge is 0.480 e. The van der Waals surface area contributed by atoms with E-state index in [0.717, 1.165) is 5.82 Å². The van der Waals surface area contributed by atoms with Crippen LogP contribution in [0.3, 0.4) is 0 Å². The number of hydrogen-bond acceptors (Lipinski definition) is 4. The molecule has 0 saturated heterocycles. The average molecular weight is 182 g/mol. The molecule has 6 heteroatoms. The molecule has 0 amide bonds. The molecule has 1 unspecified atom stereocenters. The van der Waals surface area contributed by atoms with E-state index in [0.29, 0.717) is 18.9 Å². The van der Waals surface area contributed by atoms with Gasteiger partial charge in [-0.3, -0.25) is 10.1 Å². The Morgan fingerprint density at radius 1 is 1.77 bits per heavy atom. The number of aliphatic carboxylic acids is 1. The first-order chi connectivity index (χ1) is 6.16. The first kappa shape index (κ1) is 8.18. The Kier molecular flexibility index (Phi) is 1.77. The van der Waals surface area contributed by atoms with Crippen molar-refractivity contribution >= 4 is 5.97 Å². The maximum atomic E-state index is 10.6. The molecule has 2 N–H and O–H groups in total. The molecule has 1 atom stereocenters. The summed E-state index contributed by atoms with van der Waals surface area (Å²) >= 11 is 0. The lowest BCUT2D eigenvalue weighted by atomic mass is 10.2. The molecule has 0 aliphatic carbocycles. The van der Waals surface area contributed by atoms with Crippen molar-refractivity contribution in [3.63, 3.8) is 0 Å². The lowest BCUT2D eigenvalue weighted by Crippen LogP contribution is -2.44. The van der Waals surface area contributed by atoms with E-state index in [2.05, 4.69) is 15.4 Å². The lowest BCUT2D eigenvalue weighted by molar-refractivity contribution is -0.140. The summed E-state index contributed by atoms with van der Waals surface area (Å²) in [6, 6.07) is -0.548. The van der Waals surface area contributed by atoms with Crippen LogP contribution in [0, 0.1) is 6.92 Å². The van der Waals surface area contributed by atoms with Gasteiger partial charge in [0.05, 0.1) is 13.1 Å². The monoisotopic (exact) mass is 182 g/mol. The summed E-state index contributed by atoms with van der Waals surface area (Å²) in [7, 11) is 0. The second-order valence-corrected chi connectivity index (χ2v) is 3.03. The van der Waals surface area contributed by atoms with E-state index in [1.807, 2.05) is 0 Å². The molecule has 0 fully saturated rings. The maximum absolute atomic E-state index is 10.6. The minimum Gasteiger partial charge on any atom is -0.480 e. The summed E-state index contributed by atoms with van der Waals surface area (Å²) < 4.78 is 1.64. The zero-order valence-electron chi connectivity index (χ0n) is 7.19. The normalized spacial score (nSPS) is 21.2. The highest BCUT2D eigenvalue weighted by Gasteiger charge is 2.24. The molecule has 1 aliphatic heterocycles. The van der Waals surface area contributed by atoms with E-state index in [1.165, 1.54) is 0 Å². The van der Waals surface area contributed by atoms with Gasteiger partial charge in [0.25, 0.3) is 0 Å². The zero-order valence-corrected chi connectivity index (χ0v) is 7.19. The number of hydrogen-bond donors (Lipinski definition) is 2. The molecule has 0 saturated carbocycles. The number of aromatic nitrogens is 3. The van der Waals surface area contributed by atoms with Gasteiger partial charge >= 0.3 is 5.97 Å². The molecule has 0 radical (unpaired) electrons. The fourth-order valence-electron chi connectivity index (χ4n) is 1.39. The van der Waals surface area contributed by atoms with Crippen LogP contribution in [0.4, 0.5) is 0 Å². The van der Waals surface area contributed by atoms with Crippen LogP contribution >= 0.6 is 0 Å². The summed E-state index contributed by atoms with van der Waals surface area (Å²) in [5.74, 6) is 0.636. The van der Waals surface area contributed by atoms with Crippen molar-refractivity contribution in [3.8, 4) is 0 Å². The minimum absolute atomic E-state index is 0.353. The molecule has 1 aliphatic rings. The van der Waals surface area contributed by atoms with Gasteiger partial charge in [-0.2, -0.15) is 5.10 Å². The van der Waals surface area contributed by atoms with Crippen molar-refractivity contribution in [1.29, 1.82) is 0 Å². The summed E-state index contributed by atoms with van der Waals surface area (Å²) in [6.07, 6.45) is 0.